The first-order chi connectivity index (χ1) is 18.6. The first-order valence-corrected chi connectivity index (χ1v) is 9.55. The second kappa shape index (κ2) is 11.9. The zero-order valence-electron chi connectivity index (χ0n) is 22.0. The largest absolute Gasteiger partial charge is 0.463 e. The van der Waals surface area contributed by atoms with Gasteiger partial charge in [-0.3, -0.25) is 34.1 Å². The third-order valence-corrected chi connectivity index (χ3v) is 4.38. The first-order valence-electron chi connectivity index (χ1n) is 12.4. The lowest BCUT2D eigenvalue weighted by Gasteiger charge is -2.44. The van der Waals surface area contributed by atoms with Gasteiger partial charge in [-0.05, 0) is 6.07 Å². The van der Waals surface area contributed by atoms with Crippen LogP contribution in [0.3, 0.4) is 0 Å². The molecule has 14 heteroatoms. The Balaban J connectivity index is 2.59. The van der Waals surface area contributed by atoms with Gasteiger partial charge in [0, 0.05) is 45.2 Å². The molecule has 1 fully saturated rings. The van der Waals surface area contributed by atoms with E-state index < -0.39 is 99.4 Å². The Kier molecular flexibility index (Phi) is 7.28. The Morgan fingerprint density at radius 3 is 2.17 bits per heavy atom. The van der Waals surface area contributed by atoms with E-state index in [4.69, 9.17) is 33.9 Å². The summed E-state index contributed by atoms with van der Waals surface area (Å²) in [4.78, 5) is 69.7. The lowest BCUT2D eigenvalue weighted by Crippen LogP contribution is -2.63. The number of non-ortho nitro benzene ring substituents is 1. The predicted molar refractivity (Wildman–Crippen MR) is 111 cm³/mol. The monoisotopic (exact) mass is 501 g/mol. The number of nitro groups is 1. The second-order valence-corrected chi connectivity index (χ2v) is 6.80. The molecule has 35 heavy (non-hydrogen) atoms. The number of aldehydes is 1. The summed E-state index contributed by atoms with van der Waals surface area (Å²) in [6, 6.07) is 2.89. The van der Waals surface area contributed by atoms with Gasteiger partial charge < -0.3 is 28.4 Å². The van der Waals surface area contributed by atoms with Crippen LogP contribution < -0.4 is 4.74 Å². The van der Waals surface area contributed by atoms with Crippen molar-refractivity contribution in [2.75, 3.05) is 6.61 Å². The van der Waals surface area contributed by atoms with E-state index in [0.717, 1.165) is 18.2 Å². The molecule has 0 aromatic heterocycles. The van der Waals surface area contributed by atoms with E-state index in [2.05, 4.69) is 0 Å². The van der Waals surface area contributed by atoms with E-state index in [9.17, 15) is 34.1 Å². The Morgan fingerprint density at radius 1 is 1.00 bits per heavy atom. The summed E-state index contributed by atoms with van der Waals surface area (Å²) in [5.74, 6) is -4.88. The molecule has 5 atom stereocenters. The average Bonchev–Trinajstić information content (AvgIpc) is 2.94. The fraction of sp³-hybridized carbons (Fsp3) is 0.476. The maximum Gasteiger partial charge on any atom is 0.303 e. The number of nitro benzene ring substituents is 1. The summed E-state index contributed by atoms with van der Waals surface area (Å²) >= 11 is 0. The number of benzene rings is 1. The highest BCUT2D eigenvalue weighted by atomic mass is 16.7. The molecule has 1 unspecified atom stereocenters. The Labute approximate surface area is 204 Å². The third-order valence-electron chi connectivity index (χ3n) is 4.38. The van der Waals surface area contributed by atoms with Gasteiger partial charge in [-0.1, -0.05) is 0 Å². The zero-order chi connectivity index (χ0) is 29.1. The summed E-state index contributed by atoms with van der Waals surface area (Å²) in [6.45, 7) is -4.28. The van der Waals surface area contributed by atoms with Gasteiger partial charge in [-0.2, -0.15) is 0 Å². The predicted octanol–water partition coefficient (Wildman–Crippen LogP) is 0.869. The quantitative estimate of drug-likeness (QED) is 0.153. The molecule has 2 rings (SSSR count). The summed E-state index contributed by atoms with van der Waals surface area (Å²) in [6.07, 6.45) is -8.46. The second-order valence-electron chi connectivity index (χ2n) is 6.80. The van der Waals surface area contributed by atoms with Crippen molar-refractivity contribution in [1.82, 2.24) is 0 Å². The molecule has 0 radical (unpaired) electrons. The number of ether oxygens (including phenoxy) is 6. The molecule has 14 nitrogen and oxygen atoms in total. The Morgan fingerprint density at radius 2 is 1.60 bits per heavy atom. The van der Waals surface area contributed by atoms with Crippen LogP contribution in [0, 0.1) is 10.1 Å². The Bertz CT molecular complexity index is 1090. The topological polar surface area (TPSA) is 184 Å². The fourth-order valence-corrected chi connectivity index (χ4v) is 3.11. The van der Waals surface area contributed by atoms with Crippen LogP contribution in [0.15, 0.2) is 18.2 Å². The molecule has 0 saturated carbocycles. The van der Waals surface area contributed by atoms with E-state index in [1.807, 2.05) is 0 Å². The molecule has 1 aliphatic rings. The van der Waals surface area contributed by atoms with Crippen LogP contribution in [0.5, 0.6) is 5.75 Å². The summed E-state index contributed by atoms with van der Waals surface area (Å²) < 4.78 is 60.6. The van der Waals surface area contributed by atoms with Gasteiger partial charge in [-0.25, -0.2) is 0 Å². The standard InChI is InChI=1S/C21H23NO13/c1-10(24)30-9-17-18(31-11(2)25)19(32-12(3)26)20(33-13(4)27)21(35-17)34-16-6-5-15(22(28)29)7-14(16)8-23/h5-8,17-21H,9H2,1-4H3/t17-,18+,19+,20-,21?/m1/s1/i1D,2D,3D,4D. The summed E-state index contributed by atoms with van der Waals surface area (Å²) in [5.41, 5.74) is -0.797. The van der Waals surface area contributed by atoms with Gasteiger partial charge in [0.2, 0.25) is 12.4 Å². The molecule has 1 aromatic rings. The maximum absolute atomic E-state index is 12.1. The van der Waals surface area contributed by atoms with Crippen LogP contribution in [0.25, 0.3) is 0 Å². The van der Waals surface area contributed by atoms with Gasteiger partial charge in [0.1, 0.15) is 18.5 Å². The molecule has 0 spiro atoms. The van der Waals surface area contributed by atoms with E-state index in [1.165, 1.54) is 0 Å². The van der Waals surface area contributed by atoms with E-state index in [0.29, 0.717) is 0 Å². The third kappa shape index (κ3) is 7.46. The van der Waals surface area contributed by atoms with Crippen LogP contribution in [-0.2, 0) is 42.9 Å². The fourth-order valence-electron chi connectivity index (χ4n) is 3.11. The lowest BCUT2D eigenvalue weighted by atomic mass is 9.98. The minimum Gasteiger partial charge on any atom is -0.463 e. The molecular weight excluding hydrogens is 474 g/mol. The van der Waals surface area contributed by atoms with Crippen molar-refractivity contribution in [3.8, 4) is 5.75 Å². The highest BCUT2D eigenvalue weighted by Crippen LogP contribution is 2.32. The smallest absolute Gasteiger partial charge is 0.303 e. The minimum atomic E-state index is -1.82. The molecule has 0 bridgehead atoms. The number of nitrogens with zero attached hydrogens (tertiary/aromatic N) is 1. The average molecular weight is 501 g/mol. The van der Waals surface area contributed by atoms with Crippen LogP contribution in [0.1, 0.15) is 43.4 Å². The van der Waals surface area contributed by atoms with Crippen LogP contribution >= 0.6 is 0 Å². The molecular formula is C21H23NO13. The van der Waals surface area contributed by atoms with Gasteiger partial charge in [0.05, 0.1) is 10.5 Å². The van der Waals surface area contributed by atoms with Gasteiger partial charge in [0.25, 0.3) is 5.69 Å². The SMILES string of the molecule is [2H]CC(=O)OC[C@H]1OC(Oc2ccc([N+](=O)[O-])cc2C=O)[C@H](OC(=O)C[2H])[C@@H](OC(=O)C[2H])[C@H]1OC(=O)C[2H]. The van der Waals surface area contributed by atoms with Crippen molar-refractivity contribution in [1.29, 1.82) is 0 Å². The lowest BCUT2D eigenvalue weighted by molar-refractivity contribution is -0.384. The maximum atomic E-state index is 12.1. The van der Waals surface area contributed by atoms with Crippen molar-refractivity contribution in [3.63, 3.8) is 0 Å². The molecule has 0 aliphatic carbocycles. The highest BCUT2D eigenvalue weighted by Gasteiger charge is 2.53. The van der Waals surface area contributed by atoms with Crippen molar-refractivity contribution in [2.24, 2.45) is 0 Å². The number of carbonyl (C=O) groups is 5. The van der Waals surface area contributed by atoms with E-state index in [-0.39, 0.29) is 17.6 Å². The van der Waals surface area contributed by atoms with E-state index >= 15 is 0 Å². The molecule has 1 aromatic carbocycles. The van der Waals surface area contributed by atoms with Crippen molar-refractivity contribution < 1.29 is 62.8 Å². The summed E-state index contributed by atoms with van der Waals surface area (Å²) in [5, 5.41) is 11.1. The van der Waals surface area contributed by atoms with Gasteiger partial charge >= 0.3 is 23.9 Å². The number of hydrogen-bond acceptors (Lipinski definition) is 13. The molecule has 0 N–H and O–H groups in total. The number of hydrogen-bond donors (Lipinski definition) is 0. The van der Waals surface area contributed by atoms with Crippen molar-refractivity contribution in [2.45, 2.75) is 58.3 Å². The van der Waals surface area contributed by atoms with Gasteiger partial charge in [-0.15, -0.1) is 0 Å². The van der Waals surface area contributed by atoms with E-state index in [1.54, 1.807) is 0 Å². The van der Waals surface area contributed by atoms with Crippen molar-refractivity contribution in [3.05, 3.63) is 33.9 Å². The van der Waals surface area contributed by atoms with Crippen molar-refractivity contribution >= 4 is 35.9 Å². The number of esters is 4. The van der Waals surface area contributed by atoms with Crippen LogP contribution in [-0.4, -0.2) is 72.4 Å². The molecule has 1 aliphatic heterocycles. The normalized spacial score (nSPS) is 24.9. The molecule has 0 amide bonds. The Hall–Kier alpha value is -4.07. The van der Waals surface area contributed by atoms with Gasteiger partial charge in [0.15, 0.2) is 18.5 Å². The minimum absolute atomic E-state index is 0.222. The molecule has 190 valence electrons. The van der Waals surface area contributed by atoms with Crippen LogP contribution in [0.4, 0.5) is 5.69 Å². The number of carbonyl (C=O) groups excluding carboxylic acids is 5. The zero-order valence-corrected chi connectivity index (χ0v) is 18.0. The first kappa shape index (κ1) is 21.5. The summed E-state index contributed by atoms with van der Waals surface area (Å²) in [7, 11) is 0. The highest BCUT2D eigenvalue weighted by molar-refractivity contribution is 5.80. The molecule has 1 saturated heterocycles. The number of rotatable bonds is 9. The molecule has 1 heterocycles. The van der Waals surface area contributed by atoms with Crippen LogP contribution in [0.2, 0.25) is 0 Å².